The lowest BCUT2D eigenvalue weighted by Crippen LogP contribution is -1.98. The topological polar surface area (TPSA) is 57.4 Å². The highest BCUT2D eigenvalue weighted by Crippen LogP contribution is 2.30. The van der Waals surface area contributed by atoms with Gasteiger partial charge in [0.05, 0.1) is 28.4 Å². The third-order valence-electron chi connectivity index (χ3n) is 1.88. The number of benzene rings is 1. The van der Waals surface area contributed by atoms with Crippen molar-refractivity contribution in [3.63, 3.8) is 0 Å². The first kappa shape index (κ1) is 8.49. The number of phenolic OH excluding ortho intramolecular Hbond substituents is 2. The van der Waals surface area contributed by atoms with E-state index in [1.807, 2.05) is 35.1 Å². The maximum Gasteiger partial charge on any atom is 0.159 e. The largest absolute Gasteiger partial charge is 0.504 e. The Kier molecular flexibility index (Phi) is 1.95. The quantitative estimate of drug-likeness (QED) is 0.427. The number of nitrogens with zero attached hydrogens (tertiary/aromatic N) is 1. The lowest BCUT2D eigenvalue weighted by molar-refractivity contribution is 0.405. The van der Waals surface area contributed by atoms with Gasteiger partial charge in [-0.3, -0.25) is 8.32 Å². The molecule has 0 spiro atoms. The Balaban J connectivity index is 2.77. The Hall–Kier alpha value is -1.11. The van der Waals surface area contributed by atoms with E-state index in [1.165, 1.54) is 12.1 Å². The SMILES string of the molecule is Oc1cc2ccn(NI)c2cc1O. The summed E-state index contributed by atoms with van der Waals surface area (Å²) in [6, 6.07) is 4.88. The maximum atomic E-state index is 9.26. The van der Waals surface area contributed by atoms with Crippen molar-refractivity contribution in [3.05, 3.63) is 24.4 Å². The molecular formula is C8H7IN2O2. The van der Waals surface area contributed by atoms with Crippen molar-refractivity contribution in [1.82, 2.24) is 4.68 Å². The zero-order valence-electron chi connectivity index (χ0n) is 6.53. The molecule has 0 saturated heterocycles. The van der Waals surface area contributed by atoms with Gasteiger partial charge >= 0.3 is 0 Å². The first-order chi connectivity index (χ1) is 6.22. The zero-order valence-corrected chi connectivity index (χ0v) is 8.69. The fourth-order valence-corrected chi connectivity index (χ4v) is 1.65. The molecule has 3 N–H and O–H groups in total. The summed E-state index contributed by atoms with van der Waals surface area (Å²) in [5.74, 6) is -0.210. The van der Waals surface area contributed by atoms with Gasteiger partial charge in [-0.2, -0.15) is 0 Å². The number of hydrogen-bond donors (Lipinski definition) is 3. The van der Waals surface area contributed by atoms with Crippen molar-refractivity contribution in [3.8, 4) is 11.5 Å². The molecule has 0 amide bonds. The average molecular weight is 290 g/mol. The third kappa shape index (κ3) is 1.28. The third-order valence-corrected chi connectivity index (χ3v) is 2.40. The van der Waals surface area contributed by atoms with Crippen molar-refractivity contribution < 1.29 is 10.2 Å². The van der Waals surface area contributed by atoms with E-state index in [4.69, 9.17) is 0 Å². The van der Waals surface area contributed by atoms with Crippen LogP contribution in [0.15, 0.2) is 24.4 Å². The number of hydrogen-bond acceptors (Lipinski definition) is 3. The van der Waals surface area contributed by atoms with Crippen LogP contribution in [0, 0.1) is 0 Å². The number of aromatic hydroxyl groups is 2. The van der Waals surface area contributed by atoms with Crippen LogP contribution in [0.3, 0.4) is 0 Å². The molecule has 5 heteroatoms. The molecule has 0 aliphatic carbocycles. The smallest absolute Gasteiger partial charge is 0.159 e. The van der Waals surface area contributed by atoms with E-state index in [-0.39, 0.29) is 11.5 Å². The van der Waals surface area contributed by atoms with E-state index in [0.29, 0.717) is 0 Å². The van der Waals surface area contributed by atoms with Gasteiger partial charge in [-0.05, 0) is 12.1 Å². The van der Waals surface area contributed by atoms with Gasteiger partial charge < -0.3 is 10.2 Å². The standard InChI is InChI=1S/C8H7IN2O2/c9-10-11-2-1-5-3-7(12)8(13)4-6(5)11/h1-4,10,12-13H. The molecule has 0 radical (unpaired) electrons. The van der Waals surface area contributed by atoms with Gasteiger partial charge in [-0.15, -0.1) is 0 Å². The fraction of sp³-hybridized carbons (Fsp3) is 0. The molecule has 13 heavy (non-hydrogen) atoms. The second-order valence-corrected chi connectivity index (χ2v) is 3.15. The molecule has 0 aliphatic rings. The molecule has 1 aromatic carbocycles. The normalized spacial score (nSPS) is 10.5. The number of phenols is 2. The highest BCUT2D eigenvalue weighted by molar-refractivity contribution is 14.1. The van der Waals surface area contributed by atoms with Crippen LogP contribution >= 0.6 is 22.9 Å². The summed E-state index contributed by atoms with van der Waals surface area (Å²) >= 11 is 1.99. The van der Waals surface area contributed by atoms with Crippen LogP contribution in [0.5, 0.6) is 11.5 Å². The van der Waals surface area contributed by atoms with Crippen molar-refractivity contribution in [1.29, 1.82) is 0 Å². The minimum atomic E-state index is -0.112. The number of aromatic nitrogens is 1. The molecule has 2 rings (SSSR count). The van der Waals surface area contributed by atoms with E-state index in [1.54, 1.807) is 4.68 Å². The van der Waals surface area contributed by atoms with Crippen LogP contribution < -0.4 is 3.64 Å². The van der Waals surface area contributed by atoms with Crippen LogP contribution in [0.4, 0.5) is 0 Å². The fourth-order valence-electron chi connectivity index (χ4n) is 1.23. The van der Waals surface area contributed by atoms with Crippen molar-refractivity contribution in [2.24, 2.45) is 0 Å². The van der Waals surface area contributed by atoms with Gasteiger partial charge in [0.15, 0.2) is 11.5 Å². The van der Waals surface area contributed by atoms with E-state index < -0.39 is 0 Å². The second kappa shape index (κ2) is 2.99. The van der Waals surface area contributed by atoms with Crippen LogP contribution in [-0.4, -0.2) is 14.9 Å². The Morgan fingerprint density at radius 3 is 2.62 bits per heavy atom. The van der Waals surface area contributed by atoms with Crippen LogP contribution in [0.2, 0.25) is 0 Å². The summed E-state index contributed by atoms with van der Waals surface area (Å²) in [6.45, 7) is 0. The molecule has 2 aromatic rings. The van der Waals surface area contributed by atoms with Crippen molar-refractivity contribution in [2.45, 2.75) is 0 Å². The predicted octanol–water partition coefficient (Wildman–Crippen LogP) is 1.95. The zero-order chi connectivity index (χ0) is 9.42. The summed E-state index contributed by atoms with van der Waals surface area (Å²) in [4.78, 5) is 0. The molecule has 0 atom stereocenters. The van der Waals surface area contributed by atoms with Crippen molar-refractivity contribution in [2.75, 3.05) is 3.64 Å². The monoisotopic (exact) mass is 290 g/mol. The molecule has 68 valence electrons. The van der Waals surface area contributed by atoms with E-state index in [2.05, 4.69) is 3.64 Å². The van der Waals surface area contributed by atoms with Gasteiger partial charge in [0.2, 0.25) is 0 Å². The van der Waals surface area contributed by atoms with Crippen LogP contribution in [0.1, 0.15) is 0 Å². The van der Waals surface area contributed by atoms with E-state index in [0.717, 1.165) is 10.9 Å². The Bertz CT molecular complexity index is 453. The summed E-state index contributed by atoms with van der Waals surface area (Å²) in [5.41, 5.74) is 0.824. The van der Waals surface area contributed by atoms with Gasteiger partial charge in [0.1, 0.15) is 0 Å². The summed E-state index contributed by atoms with van der Waals surface area (Å²) in [6.07, 6.45) is 1.82. The summed E-state index contributed by atoms with van der Waals surface area (Å²) in [7, 11) is 0. The Morgan fingerprint density at radius 2 is 1.92 bits per heavy atom. The highest BCUT2D eigenvalue weighted by Gasteiger charge is 2.05. The second-order valence-electron chi connectivity index (χ2n) is 2.67. The van der Waals surface area contributed by atoms with Crippen LogP contribution in [0.25, 0.3) is 10.9 Å². The Morgan fingerprint density at radius 1 is 1.23 bits per heavy atom. The minimum Gasteiger partial charge on any atom is -0.504 e. The molecule has 0 fully saturated rings. The lowest BCUT2D eigenvalue weighted by atomic mass is 10.2. The number of halogens is 1. The predicted molar refractivity (Wildman–Crippen MR) is 58.6 cm³/mol. The van der Waals surface area contributed by atoms with Gasteiger partial charge in [-0.1, -0.05) is 0 Å². The number of nitrogens with one attached hydrogen (secondary N) is 1. The summed E-state index contributed by atoms with van der Waals surface area (Å²) in [5, 5.41) is 19.4. The molecule has 0 aliphatic heterocycles. The molecule has 0 unspecified atom stereocenters. The van der Waals surface area contributed by atoms with E-state index in [9.17, 15) is 10.2 Å². The van der Waals surface area contributed by atoms with E-state index >= 15 is 0 Å². The van der Waals surface area contributed by atoms with Gasteiger partial charge in [-0.25, -0.2) is 0 Å². The average Bonchev–Trinajstić information content (AvgIpc) is 2.48. The molecule has 1 aromatic heterocycles. The molecule has 1 heterocycles. The Labute approximate surface area is 88.3 Å². The summed E-state index contributed by atoms with van der Waals surface area (Å²) < 4.78 is 4.64. The maximum absolute atomic E-state index is 9.26. The van der Waals surface area contributed by atoms with Gasteiger partial charge in [0, 0.05) is 17.6 Å². The lowest BCUT2D eigenvalue weighted by Gasteiger charge is -2.02. The molecule has 4 nitrogen and oxygen atoms in total. The molecule has 0 bridgehead atoms. The highest BCUT2D eigenvalue weighted by atomic mass is 127. The number of rotatable bonds is 1. The first-order valence-corrected chi connectivity index (χ1v) is 4.70. The molecule has 0 saturated carbocycles. The first-order valence-electron chi connectivity index (χ1n) is 3.62. The minimum absolute atomic E-state index is 0.0984. The van der Waals surface area contributed by atoms with Gasteiger partial charge in [0.25, 0.3) is 0 Å². The number of fused-ring (bicyclic) bond motifs is 1. The molecular weight excluding hydrogens is 283 g/mol. The van der Waals surface area contributed by atoms with Crippen molar-refractivity contribution >= 4 is 33.8 Å². The van der Waals surface area contributed by atoms with Crippen LogP contribution in [-0.2, 0) is 0 Å².